The van der Waals surface area contributed by atoms with Crippen LogP contribution in [0.3, 0.4) is 0 Å². The zero-order chi connectivity index (χ0) is 11.9. The maximum absolute atomic E-state index is 11.9. The number of sulfonamides is 1. The highest BCUT2D eigenvalue weighted by Crippen LogP contribution is 2.11. The zero-order valence-electron chi connectivity index (χ0n) is 9.94. The van der Waals surface area contributed by atoms with Crippen molar-refractivity contribution in [1.29, 1.82) is 0 Å². The molecular weight excluding hydrogens is 214 g/mol. The third-order valence-electron chi connectivity index (χ3n) is 2.56. The van der Waals surface area contributed by atoms with Gasteiger partial charge in [-0.2, -0.15) is 4.31 Å². The fraction of sp³-hybridized carbons (Fsp3) is 1.00. The molecule has 0 aromatic rings. The van der Waals surface area contributed by atoms with Gasteiger partial charge in [-0.1, -0.05) is 13.8 Å². The van der Waals surface area contributed by atoms with Crippen molar-refractivity contribution in [1.82, 2.24) is 4.31 Å². The highest BCUT2D eigenvalue weighted by molar-refractivity contribution is 7.89. The van der Waals surface area contributed by atoms with E-state index in [9.17, 15) is 8.42 Å². The van der Waals surface area contributed by atoms with Gasteiger partial charge in [0, 0.05) is 19.2 Å². The lowest BCUT2D eigenvalue weighted by Crippen LogP contribution is -2.39. The summed E-state index contributed by atoms with van der Waals surface area (Å²) in [5.41, 5.74) is 0. The molecule has 0 aromatic heterocycles. The summed E-state index contributed by atoms with van der Waals surface area (Å²) in [6.45, 7) is 6.35. The van der Waals surface area contributed by atoms with E-state index in [4.69, 9.17) is 5.11 Å². The van der Waals surface area contributed by atoms with Crippen LogP contribution in [-0.4, -0.2) is 42.8 Å². The van der Waals surface area contributed by atoms with Crippen molar-refractivity contribution in [2.45, 2.75) is 46.1 Å². The molecule has 1 unspecified atom stereocenters. The number of unbranched alkanes of at least 4 members (excludes halogenated alkanes) is 1. The molecule has 0 amide bonds. The Kier molecular flexibility index (Phi) is 7.13. The highest BCUT2D eigenvalue weighted by Gasteiger charge is 2.23. The van der Waals surface area contributed by atoms with Gasteiger partial charge >= 0.3 is 0 Å². The van der Waals surface area contributed by atoms with Gasteiger partial charge in [0.1, 0.15) is 0 Å². The van der Waals surface area contributed by atoms with E-state index in [1.54, 1.807) is 4.31 Å². The molecule has 0 aliphatic carbocycles. The number of rotatable bonds is 8. The number of hydrogen-bond acceptors (Lipinski definition) is 3. The third-order valence-corrected chi connectivity index (χ3v) is 4.70. The Hall–Kier alpha value is -0.130. The Balaban J connectivity index is 4.39. The highest BCUT2D eigenvalue weighted by atomic mass is 32.2. The first-order chi connectivity index (χ1) is 6.99. The third kappa shape index (κ3) is 4.95. The zero-order valence-corrected chi connectivity index (χ0v) is 10.8. The summed E-state index contributed by atoms with van der Waals surface area (Å²) in [6, 6.07) is 0.0640. The largest absolute Gasteiger partial charge is 0.396 e. The van der Waals surface area contributed by atoms with Gasteiger partial charge < -0.3 is 5.11 Å². The van der Waals surface area contributed by atoms with Crippen LogP contribution in [0.2, 0.25) is 0 Å². The molecule has 1 atom stereocenters. The summed E-state index contributed by atoms with van der Waals surface area (Å²) in [4.78, 5) is 0. The smallest absolute Gasteiger partial charge is 0.214 e. The number of aliphatic hydroxyl groups excluding tert-OH is 1. The van der Waals surface area contributed by atoms with E-state index in [-0.39, 0.29) is 18.4 Å². The molecule has 0 aromatic carbocycles. The van der Waals surface area contributed by atoms with E-state index in [2.05, 4.69) is 0 Å². The monoisotopic (exact) mass is 237 g/mol. The second-order valence-electron chi connectivity index (χ2n) is 3.71. The van der Waals surface area contributed by atoms with Crippen LogP contribution in [0.5, 0.6) is 0 Å². The molecule has 1 N–H and O–H groups in total. The molecule has 0 spiro atoms. The molecule has 15 heavy (non-hydrogen) atoms. The predicted octanol–water partition coefficient (Wildman–Crippen LogP) is 1.21. The minimum Gasteiger partial charge on any atom is -0.396 e. The van der Waals surface area contributed by atoms with Gasteiger partial charge in [0.05, 0.1) is 5.75 Å². The number of nitrogens with zero attached hydrogens (tertiary/aromatic N) is 1. The van der Waals surface area contributed by atoms with Crippen LogP contribution < -0.4 is 0 Å². The number of hydrogen-bond donors (Lipinski definition) is 1. The number of aliphatic hydroxyl groups is 1. The van der Waals surface area contributed by atoms with Crippen LogP contribution in [0.1, 0.15) is 40.0 Å². The second-order valence-corrected chi connectivity index (χ2v) is 5.75. The average molecular weight is 237 g/mol. The molecule has 0 saturated carbocycles. The van der Waals surface area contributed by atoms with Crippen LogP contribution in [-0.2, 0) is 10.0 Å². The summed E-state index contributed by atoms with van der Waals surface area (Å²) in [5, 5.41) is 8.61. The minimum absolute atomic E-state index is 0.0605. The molecule has 0 saturated heterocycles. The van der Waals surface area contributed by atoms with Gasteiger partial charge in [-0.15, -0.1) is 0 Å². The molecule has 0 aliphatic rings. The van der Waals surface area contributed by atoms with Gasteiger partial charge in [-0.05, 0) is 26.2 Å². The van der Waals surface area contributed by atoms with E-state index in [0.717, 1.165) is 6.42 Å². The van der Waals surface area contributed by atoms with Crippen LogP contribution in [0, 0.1) is 0 Å². The molecule has 0 rings (SSSR count). The first kappa shape index (κ1) is 14.9. The lowest BCUT2D eigenvalue weighted by Gasteiger charge is -2.26. The Morgan fingerprint density at radius 3 is 2.27 bits per heavy atom. The van der Waals surface area contributed by atoms with Crippen LogP contribution >= 0.6 is 0 Å². The Morgan fingerprint density at radius 1 is 1.27 bits per heavy atom. The lowest BCUT2D eigenvalue weighted by molar-refractivity contribution is 0.286. The van der Waals surface area contributed by atoms with Crippen molar-refractivity contribution >= 4 is 10.0 Å². The quantitative estimate of drug-likeness (QED) is 0.646. The van der Waals surface area contributed by atoms with Crippen molar-refractivity contribution in [3.63, 3.8) is 0 Å². The van der Waals surface area contributed by atoms with Crippen molar-refractivity contribution in [3.8, 4) is 0 Å². The summed E-state index contributed by atoms with van der Waals surface area (Å²) in [7, 11) is -3.13. The topological polar surface area (TPSA) is 57.6 Å². The average Bonchev–Trinajstić information content (AvgIpc) is 2.18. The van der Waals surface area contributed by atoms with Crippen LogP contribution in [0.15, 0.2) is 0 Å². The molecule has 5 heteroatoms. The van der Waals surface area contributed by atoms with Gasteiger partial charge in [-0.3, -0.25) is 0 Å². The van der Waals surface area contributed by atoms with Crippen molar-refractivity contribution < 1.29 is 13.5 Å². The van der Waals surface area contributed by atoms with Crippen molar-refractivity contribution in [3.05, 3.63) is 0 Å². The minimum atomic E-state index is -3.13. The Bertz CT molecular complexity index is 251. The molecule has 92 valence electrons. The SMILES string of the molecule is CCC(C)N(CC)S(=O)(=O)CCCCO. The van der Waals surface area contributed by atoms with Crippen LogP contribution in [0.25, 0.3) is 0 Å². The van der Waals surface area contributed by atoms with E-state index in [1.807, 2.05) is 20.8 Å². The Morgan fingerprint density at radius 2 is 1.87 bits per heavy atom. The summed E-state index contributed by atoms with van der Waals surface area (Å²) in [6.07, 6.45) is 1.91. The van der Waals surface area contributed by atoms with E-state index in [1.165, 1.54) is 0 Å². The summed E-state index contributed by atoms with van der Waals surface area (Å²) in [5.74, 6) is 0.145. The lowest BCUT2D eigenvalue weighted by atomic mass is 10.3. The van der Waals surface area contributed by atoms with Crippen molar-refractivity contribution in [2.24, 2.45) is 0 Å². The molecule has 4 nitrogen and oxygen atoms in total. The standard InChI is InChI=1S/C10H23NO3S/c1-4-10(3)11(5-2)15(13,14)9-7-6-8-12/h10,12H,4-9H2,1-3H3. The van der Waals surface area contributed by atoms with Gasteiger partial charge in [0.2, 0.25) is 10.0 Å². The molecule has 0 heterocycles. The van der Waals surface area contributed by atoms with E-state index in [0.29, 0.717) is 19.4 Å². The first-order valence-electron chi connectivity index (χ1n) is 5.60. The van der Waals surface area contributed by atoms with Crippen molar-refractivity contribution in [2.75, 3.05) is 18.9 Å². The molecule has 0 aliphatic heterocycles. The van der Waals surface area contributed by atoms with E-state index >= 15 is 0 Å². The maximum Gasteiger partial charge on any atom is 0.214 e. The fourth-order valence-corrected chi connectivity index (χ4v) is 3.39. The van der Waals surface area contributed by atoms with E-state index < -0.39 is 10.0 Å². The first-order valence-corrected chi connectivity index (χ1v) is 7.20. The molecule has 0 bridgehead atoms. The fourth-order valence-electron chi connectivity index (χ4n) is 1.50. The Labute approximate surface area is 93.3 Å². The summed E-state index contributed by atoms with van der Waals surface area (Å²) >= 11 is 0. The second kappa shape index (κ2) is 7.19. The van der Waals surface area contributed by atoms with Gasteiger partial charge in [0.15, 0.2) is 0 Å². The molecule has 0 fully saturated rings. The molecule has 0 radical (unpaired) electrons. The van der Waals surface area contributed by atoms with Gasteiger partial charge in [-0.25, -0.2) is 8.42 Å². The van der Waals surface area contributed by atoms with Gasteiger partial charge in [0.25, 0.3) is 0 Å². The summed E-state index contributed by atoms with van der Waals surface area (Å²) < 4.78 is 25.3. The normalized spacial score (nSPS) is 14.5. The van der Waals surface area contributed by atoms with Crippen LogP contribution in [0.4, 0.5) is 0 Å². The maximum atomic E-state index is 11.9. The predicted molar refractivity (Wildman–Crippen MR) is 62.2 cm³/mol. The molecular formula is C10H23NO3S.